The number of aromatic nitrogens is 2. The second-order valence-corrected chi connectivity index (χ2v) is 4.75. The molecule has 0 radical (unpaired) electrons. The number of hydrogen-bond acceptors (Lipinski definition) is 4. The highest BCUT2D eigenvalue weighted by Crippen LogP contribution is 2.16. The topological polar surface area (TPSA) is 64.4 Å². The van der Waals surface area contributed by atoms with Crippen LogP contribution in [-0.4, -0.2) is 35.3 Å². The van der Waals surface area contributed by atoms with E-state index in [9.17, 15) is 14.0 Å². The normalized spacial score (nSPS) is 10.3. The van der Waals surface area contributed by atoms with Crippen molar-refractivity contribution in [2.24, 2.45) is 0 Å². The summed E-state index contributed by atoms with van der Waals surface area (Å²) in [6.45, 7) is 1.51. The second-order valence-electron chi connectivity index (χ2n) is 4.75. The molecule has 0 atom stereocenters. The summed E-state index contributed by atoms with van der Waals surface area (Å²) < 4.78 is 19.4. The van der Waals surface area contributed by atoms with Crippen LogP contribution in [-0.2, 0) is 20.9 Å². The molecular formula is C15H16FN3O3. The zero-order valence-corrected chi connectivity index (χ0v) is 12.3. The Morgan fingerprint density at radius 3 is 2.77 bits per heavy atom. The molecule has 0 spiro atoms. The molecule has 1 amide bonds. The average Bonchev–Trinajstić information content (AvgIpc) is 2.89. The van der Waals surface area contributed by atoms with E-state index in [1.807, 2.05) is 6.92 Å². The van der Waals surface area contributed by atoms with E-state index in [1.54, 1.807) is 18.5 Å². The number of carbonyl (C=O) groups excluding carboxylic acids is 2. The molecule has 116 valence electrons. The van der Waals surface area contributed by atoms with E-state index >= 15 is 0 Å². The molecule has 0 saturated heterocycles. The van der Waals surface area contributed by atoms with E-state index in [0.717, 1.165) is 5.56 Å². The van der Waals surface area contributed by atoms with Crippen LogP contribution in [0.2, 0.25) is 0 Å². The number of benzene rings is 1. The van der Waals surface area contributed by atoms with Crippen molar-refractivity contribution >= 4 is 17.6 Å². The zero-order chi connectivity index (χ0) is 16.1. The first-order chi connectivity index (χ1) is 10.5. The molecule has 1 aromatic heterocycles. The van der Waals surface area contributed by atoms with Crippen molar-refractivity contribution in [2.45, 2.75) is 13.5 Å². The largest absolute Gasteiger partial charge is 0.468 e. The Morgan fingerprint density at radius 1 is 1.41 bits per heavy atom. The van der Waals surface area contributed by atoms with Gasteiger partial charge in [-0.15, -0.1) is 0 Å². The molecule has 2 aromatic rings. The first-order valence-electron chi connectivity index (χ1n) is 6.61. The summed E-state index contributed by atoms with van der Waals surface area (Å²) in [4.78, 5) is 25.1. The Hall–Kier alpha value is -2.70. The number of anilines is 1. The number of aryl methyl sites for hydroxylation is 1. The number of carbonyl (C=O) groups is 2. The lowest BCUT2D eigenvalue weighted by atomic mass is 10.2. The Labute approximate surface area is 127 Å². The van der Waals surface area contributed by atoms with E-state index in [4.69, 9.17) is 0 Å². The minimum atomic E-state index is -0.589. The van der Waals surface area contributed by atoms with Crippen LogP contribution in [0, 0.1) is 12.7 Å². The van der Waals surface area contributed by atoms with Gasteiger partial charge in [-0.2, -0.15) is 5.10 Å². The Morgan fingerprint density at radius 2 is 2.18 bits per heavy atom. The highest BCUT2D eigenvalue weighted by atomic mass is 19.1. The number of halogens is 1. The molecule has 0 aliphatic carbocycles. The molecule has 0 N–H and O–H groups in total. The average molecular weight is 305 g/mol. The Bertz CT molecular complexity index is 684. The number of nitrogens with zero attached hydrogens (tertiary/aromatic N) is 3. The monoisotopic (exact) mass is 305 g/mol. The minimum Gasteiger partial charge on any atom is -0.468 e. The standard InChI is InChI=1S/C15H16FN3O3/c1-11-7-17-18(8-11)9-14(20)19(10-15(21)22-2)13-5-3-4-12(16)6-13/h3-8H,9-10H2,1-2H3. The van der Waals surface area contributed by atoms with Gasteiger partial charge in [0.05, 0.1) is 13.3 Å². The predicted octanol–water partition coefficient (Wildman–Crippen LogP) is 1.54. The zero-order valence-electron chi connectivity index (χ0n) is 12.3. The van der Waals surface area contributed by atoms with Crippen LogP contribution in [0.4, 0.5) is 10.1 Å². The third kappa shape index (κ3) is 3.91. The van der Waals surface area contributed by atoms with Crippen molar-refractivity contribution in [3.8, 4) is 0 Å². The van der Waals surface area contributed by atoms with Crippen molar-refractivity contribution in [3.63, 3.8) is 0 Å². The van der Waals surface area contributed by atoms with Gasteiger partial charge in [0.1, 0.15) is 18.9 Å². The maximum absolute atomic E-state index is 13.4. The quantitative estimate of drug-likeness (QED) is 0.786. The Kier molecular flexibility index (Phi) is 4.88. The third-order valence-electron chi connectivity index (χ3n) is 3.00. The summed E-state index contributed by atoms with van der Waals surface area (Å²) in [5.74, 6) is -1.47. The van der Waals surface area contributed by atoms with Gasteiger partial charge in [-0.25, -0.2) is 4.39 Å². The van der Waals surface area contributed by atoms with Crippen molar-refractivity contribution in [1.29, 1.82) is 0 Å². The van der Waals surface area contributed by atoms with Crippen molar-refractivity contribution in [1.82, 2.24) is 9.78 Å². The van der Waals surface area contributed by atoms with Gasteiger partial charge in [-0.05, 0) is 30.7 Å². The Balaban J connectivity index is 2.23. The van der Waals surface area contributed by atoms with Crippen LogP contribution in [0.3, 0.4) is 0 Å². The fourth-order valence-electron chi connectivity index (χ4n) is 1.94. The molecule has 2 rings (SSSR count). The highest BCUT2D eigenvalue weighted by Gasteiger charge is 2.20. The van der Waals surface area contributed by atoms with E-state index in [1.165, 1.54) is 34.9 Å². The van der Waals surface area contributed by atoms with E-state index in [-0.39, 0.29) is 19.0 Å². The van der Waals surface area contributed by atoms with Gasteiger partial charge < -0.3 is 4.74 Å². The number of methoxy groups -OCH3 is 1. The van der Waals surface area contributed by atoms with Gasteiger partial charge in [0.2, 0.25) is 5.91 Å². The van der Waals surface area contributed by atoms with Gasteiger partial charge >= 0.3 is 5.97 Å². The highest BCUT2D eigenvalue weighted by molar-refractivity contribution is 5.97. The van der Waals surface area contributed by atoms with Crippen molar-refractivity contribution in [2.75, 3.05) is 18.6 Å². The number of hydrogen-bond donors (Lipinski definition) is 0. The van der Waals surface area contributed by atoms with Crippen LogP contribution in [0.25, 0.3) is 0 Å². The summed E-state index contributed by atoms with van der Waals surface area (Å²) >= 11 is 0. The number of esters is 1. The van der Waals surface area contributed by atoms with E-state index < -0.39 is 11.8 Å². The lowest BCUT2D eigenvalue weighted by Gasteiger charge is -2.21. The fourth-order valence-corrected chi connectivity index (χ4v) is 1.94. The molecule has 0 bridgehead atoms. The van der Waals surface area contributed by atoms with Crippen LogP contribution >= 0.6 is 0 Å². The van der Waals surface area contributed by atoms with E-state index in [2.05, 4.69) is 9.84 Å². The maximum atomic E-state index is 13.4. The van der Waals surface area contributed by atoms with Crippen molar-refractivity contribution in [3.05, 3.63) is 48.0 Å². The van der Waals surface area contributed by atoms with Gasteiger partial charge in [0.25, 0.3) is 0 Å². The predicted molar refractivity (Wildman–Crippen MR) is 77.7 cm³/mol. The fraction of sp³-hybridized carbons (Fsp3) is 0.267. The molecule has 22 heavy (non-hydrogen) atoms. The first-order valence-corrected chi connectivity index (χ1v) is 6.61. The molecule has 1 aromatic carbocycles. The SMILES string of the molecule is COC(=O)CN(C(=O)Cn1cc(C)cn1)c1cccc(F)c1. The second kappa shape index (κ2) is 6.84. The summed E-state index contributed by atoms with van der Waals surface area (Å²) in [6, 6.07) is 5.48. The molecule has 0 aliphatic heterocycles. The van der Waals surface area contributed by atoms with Gasteiger partial charge in [-0.3, -0.25) is 19.2 Å². The maximum Gasteiger partial charge on any atom is 0.325 e. The summed E-state index contributed by atoms with van der Waals surface area (Å²) in [5.41, 5.74) is 1.21. The lowest BCUT2D eigenvalue weighted by molar-refractivity contribution is -0.140. The lowest BCUT2D eigenvalue weighted by Crippen LogP contribution is -2.38. The van der Waals surface area contributed by atoms with Crippen LogP contribution in [0.1, 0.15) is 5.56 Å². The molecule has 7 heteroatoms. The van der Waals surface area contributed by atoms with Crippen LogP contribution < -0.4 is 4.90 Å². The molecular weight excluding hydrogens is 289 g/mol. The number of amides is 1. The number of ether oxygens (including phenoxy) is 1. The van der Waals surface area contributed by atoms with Gasteiger partial charge in [0, 0.05) is 11.9 Å². The molecule has 0 saturated carbocycles. The molecule has 6 nitrogen and oxygen atoms in total. The molecule has 1 heterocycles. The van der Waals surface area contributed by atoms with Crippen molar-refractivity contribution < 1.29 is 18.7 Å². The van der Waals surface area contributed by atoms with E-state index in [0.29, 0.717) is 5.69 Å². The summed E-state index contributed by atoms with van der Waals surface area (Å²) in [7, 11) is 1.23. The molecule has 0 fully saturated rings. The van der Waals surface area contributed by atoms with Gasteiger partial charge in [0.15, 0.2) is 0 Å². The summed E-state index contributed by atoms with van der Waals surface area (Å²) in [6.07, 6.45) is 3.33. The van der Waals surface area contributed by atoms with Crippen LogP contribution in [0.15, 0.2) is 36.7 Å². The third-order valence-corrected chi connectivity index (χ3v) is 3.00. The van der Waals surface area contributed by atoms with Crippen LogP contribution in [0.5, 0.6) is 0 Å². The molecule has 0 unspecified atom stereocenters. The van der Waals surface area contributed by atoms with Gasteiger partial charge in [-0.1, -0.05) is 6.07 Å². The number of rotatable bonds is 5. The first kappa shape index (κ1) is 15.7. The smallest absolute Gasteiger partial charge is 0.325 e. The molecule has 0 aliphatic rings. The minimum absolute atomic E-state index is 0.0542. The summed E-state index contributed by atoms with van der Waals surface area (Å²) in [5, 5.41) is 4.03.